The summed E-state index contributed by atoms with van der Waals surface area (Å²) in [5.74, 6) is -0.935. The van der Waals surface area contributed by atoms with Gasteiger partial charge in [0.25, 0.3) is 0 Å². The molecule has 0 amide bonds. The number of carboxylic acids is 1. The summed E-state index contributed by atoms with van der Waals surface area (Å²) in [6.45, 7) is 6.10. The Morgan fingerprint density at radius 2 is 2.05 bits per heavy atom. The second-order valence-electron chi connectivity index (χ2n) is 6.30. The van der Waals surface area contributed by atoms with Crippen molar-refractivity contribution >= 4 is 17.7 Å². The van der Waals surface area contributed by atoms with Crippen molar-refractivity contribution in [2.45, 2.75) is 61.2 Å². The van der Waals surface area contributed by atoms with Crippen molar-refractivity contribution in [3.63, 3.8) is 0 Å². The minimum absolute atomic E-state index is 0.0580. The molecule has 2 atom stereocenters. The van der Waals surface area contributed by atoms with E-state index in [1.54, 1.807) is 11.8 Å². The van der Waals surface area contributed by atoms with Gasteiger partial charge in [-0.3, -0.25) is 4.79 Å². The first-order valence-electron chi connectivity index (χ1n) is 7.23. The summed E-state index contributed by atoms with van der Waals surface area (Å²) in [6, 6.07) is -0.846. The molecule has 0 saturated carbocycles. The Morgan fingerprint density at radius 3 is 2.65 bits per heavy atom. The monoisotopic (exact) mass is 303 g/mol. The lowest BCUT2D eigenvalue weighted by Gasteiger charge is -2.45. The van der Waals surface area contributed by atoms with Crippen molar-refractivity contribution in [3.05, 3.63) is 0 Å². The number of thioether (sulfide) groups is 1. The van der Waals surface area contributed by atoms with Crippen LogP contribution in [-0.2, 0) is 14.3 Å². The quantitative estimate of drug-likeness (QED) is 0.821. The standard InChI is InChI=1S/C14H25NO4S/c1-13(2,11(15)12(16)17)20-10-3-6-19-14(9-10)4-7-18-8-5-14/h10-11H,3-9,15H2,1-2H3,(H,16,17)/t10?,11-/m1/s1. The number of hydrogen-bond acceptors (Lipinski definition) is 5. The van der Waals surface area contributed by atoms with Gasteiger partial charge in [-0.1, -0.05) is 0 Å². The van der Waals surface area contributed by atoms with Crippen LogP contribution in [0.5, 0.6) is 0 Å². The predicted molar refractivity (Wildman–Crippen MR) is 79.0 cm³/mol. The number of aliphatic carboxylic acids is 1. The van der Waals surface area contributed by atoms with Crippen molar-refractivity contribution in [1.29, 1.82) is 0 Å². The molecule has 0 aromatic heterocycles. The first-order valence-corrected chi connectivity index (χ1v) is 8.11. The maximum atomic E-state index is 11.1. The molecule has 0 aliphatic carbocycles. The molecule has 20 heavy (non-hydrogen) atoms. The largest absolute Gasteiger partial charge is 0.480 e. The van der Waals surface area contributed by atoms with Crippen LogP contribution in [0.3, 0.4) is 0 Å². The molecule has 2 heterocycles. The molecular weight excluding hydrogens is 278 g/mol. The molecule has 2 fully saturated rings. The zero-order valence-corrected chi connectivity index (χ0v) is 13.1. The highest BCUT2D eigenvalue weighted by atomic mass is 32.2. The van der Waals surface area contributed by atoms with Gasteiger partial charge in [-0.15, -0.1) is 11.8 Å². The van der Waals surface area contributed by atoms with E-state index in [0.29, 0.717) is 5.25 Å². The SMILES string of the molecule is CC(C)(SC1CCOC2(CCOCC2)C1)[C@H](N)C(=O)O. The van der Waals surface area contributed by atoms with Crippen LogP contribution >= 0.6 is 11.8 Å². The fourth-order valence-electron chi connectivity index (χ4n) is 2.98. The Hall–Kier alpha value is -0.300. The van der Waals surface area contributed by atoms with Gasteiger partial charge in [0.05, 0.1) is 5.60 Å². The molecule has 1 unspecified atom stereocenters. The highest BCUT2D eigenvalue weighted by Gasteiger charge is 2.42. The lowest BCUT2D eigenvalue weighted by atomic mass is 9.86. The Labute approximate surface area is 124 Å². The zero-order valence-electron chi connectivity index (χ0n) is 12.3. The van der Waals surface area contributed by atoms with E-state index < -0.39 is 16.8 Å². The summed E-state index contributed by atoms with van der Waals surface area (Å²) in [6.07, 6.45) is 3.81. The Morgan fingerprint density at radius 1 is 1.40 bits per heavy atom. The molecule has 2 aliphatic heterocycles. The molecule has 2 aliphatic rings. The fraction of sp³-hybridized carbons (Fsp3) is 0.929. The van der Waals surface area contributed by atoms with E-state index in [2.05, 4.69) is 0 Å². The normalized spacial score (nSPS) is 28.2. The highest BCUT2D eigenvalue weighted by molar-refractivity contribution is 8.01. The van der Waals surface area contributed by atoms with E-state index >= 15 is 0 Å². The molecule has 1 spiro atoms. The third-order valence-electron chi connectivity index (χ3n) is 4.34. The number of carboxylic acid groups (broad SMARTS) is 1. The molecule has 6 heteroatoms. The Kier molecular flexibility index (Phi) is 5.00. The minimum Gasteiger partial charge on any atom is -0.480 e. The number of nitrogens with two attached hydrogens (primary N) is 1. The van der Waals surface area contributed by atoms with Crippen molar-refractivity contribution in [1.82, 2.24) is 0 Å². The van der Waals surface area contributed by atoms with Crippen molar-refractivity contribution in [2.24, 2.45) is 5.73 Å². The van der Waals surface area contributed by atoms with E-state index in [0.717, 1.165) is 45.5 Å². The van der Waals surface area contributed by atoms with Crippen LogP contribution < -0.4 is 5.73 Å². The van der Waals surface area contributed by atoms with Crippen molar-refractivity contribution in [3.8, 4) is 0 Å². The second-order valence-corrected chi connectivity index (χ2v) is 8.25. The lowest BCUT2D eigenvalue weighted by Crippen LogP contribution is -2.50. The van der Waals surface area contributed by atoms with Gasteiger partial charge >= 0.3 is 5.97 Å². The number of rotatable bonds is 4. The molecule has 2 rings (SSSR count). The molecule has 0 bridgehead atoms. The van der Waals surface area contributed by atoms with E-state index in [1.165, 1.54) is 0 Å². The number of carbonyl (C=O) groups is 1. The summed E-state index contributed by atoms with van der Waals surface area (Å²) in [5.41, 5.74) is 5.75. The number of ether oxygens (including phenoxy) is 2. The van der Waals surface area contributed by atoms with Crippen LogP contribution in [0.1, 0.15) is 39.5 Å². The van der Waals surface area contributed by atoms with Gasteiger partial charge in [0.2, 0.25) is 0 Å². The van der Waals surface area contributed by atoms with Gasteiger partial charge in [0.15, 0.2) is 0 Å². The smallest absolute Gasteiger partial charge is 0.321 e. The van der Waals surface area contributed by atoms with Gasteiger partial charge in [-0.2, -0.15) is 0 Å². The van der Waals surface area contributed by atoms with Gasteiger partial charge in [0.1, 0.15) is 6.04 Å². The molecule has 116 valence electrons. The Bertz CT molecular complexity index is 350. The average molecular weight is 303 g/mol. The van der Waals surface area contributed by atoms with Crippen LogP contribution in [0.15, 0.2) is 0 Å². The first-order chi connectivity index (χ1) is 9.35. The summed E-state index contributed by atoms with van der Waals surface area (Å²) in [7, 11) is 0. The van der Waals surface area contributed by atoms with Crippen LogP contribution in [0, 0.1) is 0 Å². The van der Waals surface area contributed by atoms with E-state index in [1.807, 2.05) is 13.8 Å². The molecule has 5 nitrogen and oxygen atoms in total. The number of hydrogen-bond donors (Lipinski definition) is 2. The average Bonchev–Trinajstić information content (AvgIpc) is 2.38. The summed E-state index contributed by atoms with van der Waals surface area (Å²) in [5, 5.41) is 9.51. The molecule has 2 saturated heterocycles. The lowest BCUT2D eigenvalue weighted by molar-refractivity contribution is -0.139. The topological polar surface area (TPSA) is 81.8 Å². The van der Waals surface area contributed by atoms with E-state index in [-0.39, 0.29) is 5.60 Å². The van der Waals surface area contributed by atoms with Gasteiger partial charge in [-0.25, -0.2) is 0 Å². The van der Waals surface area contributed by atoms with Crippen molar-refractivity contribution in [2.75, 3.05) is 19.8 Å². The maximum absolute atomic E-state index is 11.1. The van der Waals surface area contributed by atoms with Crippen LogP contribution in [0.4, 0.5) is 0 Å². The fourth-order valence-corrected chi connectivity index (χ4v) is 4.68. The van der Waals surface area contributed by atoms with Crippen LogP contribution in [0.2, 0.25) is 0 Å². The highest BCUT2D eigenvalue weighted by Crippen LogP contribution is 2.43. The maximum Gasteiger partial charge on any atom is 0.321 e. The van der Waals surface area contributed by atoms with Gasteiger partial charge < -0.3 is 20.3 Å². The van der Waals surface area contributed by atoms with Crippen LogP contribution in [-0.4, -0.2) is 52.5 Å². The Balaban J connectivity index is 1.97. The first kappa shape index (κ1) is 16.1. The third kappa shape index (κ3) is 3.67. The summed E-state index contributed by atoms with van der Waals surface area (Å²) < 4.78 is 11.0. The zero-order chi connectivity index (χ0) is 14.8. The molecule has 0 radical (unpaired) electrons. The summed E-state index contributed by atoms with van der Waals surface area (Å²) >= 11 is 1.70. The second kappa shape index (κ2) is 6.22. The predicted octanol–water partition coefficient (Wildman–Crippen LogP) is 1.64. The molecular formula is C14H25NO4S. The van der Waals surface area contributed by atoms with Crippen molar-refractivity contribution < 1.29 is 19.4 Å². The van der Waals surface area contributed by atoms with Gasteiger partial charge in [-0.05, 0) is 39.5 Å². The summed E-state index contributed by atoms with van der Waals surface area (Å²) in [4.78, 5) is 11.1. The third-order valence-corrected chi connectivity index (χ3v) is 5.93. The minimum atomic E-state index is -0.935. The molecule has 0 aromatic rings. The van der Waals surface area contributed by atoms with E-state index in [4.69, 9.17) is 20.3 Å². The van der Waals surface area contributed by atoms with E-state index in [9.17, 15) is 4.79 Å². The molecule has 0 aromatic carbocycles. The van der Waals surface area contributed by atoms with Gasteiger partial charge in [0, 0.05) is 29.8 Å². The van der Waals surface area contributed by atoms with Crippen LogP contribution in [0.25, 0.3) is 0 Å². The molecule has 3 N–H and O–H groups in total.